The summed E-state index contributed by atoms with van der Waals surface area (Å²) >= 11 is 0.947. The van der Waals surface area contributed by atoms with Crippen LogP contribution >= 0.6 is 11.3 Å². The van der Waals surface area contributed by atoms with Crippen molar-refractivity contribution in [3.63, 3.8) is 0 Å². The molecule has 218 valence electrons. The molecule has 3 aromatic carbocycles. The van der Waals surface area contributed by atoms with Crippen molar-refractivity contribution in [1.29, 1.82) is 0 Å². The molecule has 43 heavy (non-hydrogen) atoms. The van der Waals surface area contributed by atoms with Crippen LogP contribution in [0, 0.1) is 6.92 Å². The number of amides is 1. The molecular weight excluding hydrogens is 568 g/mol. The minimum atomic E-state index is -1.04. The van der Waals surface area contributed by atoms with Crippen molar-refractivity contribution in [3.05, 3.63) is 111 Å². The van der Waals surface area contributed by atoms with E-state index in [-0.39, 0.29) is 27.4 Å². The zero-order valence-electron chi connectivity index (χ0n) is 23.7. The molecule has 1 amide bonds. The van der Waals surface area contributed by atoms with Gasteiger partial charge in [-0.2, -0.15) is 0 Å². The van der Waals surface area contributed by atoms with E-state index in [1.165, 1.54) is 12.0 Å². The molecule has 0 spiro atoms. The minimum absolute atomic E-state index is 0.00579. The maximum absolute atomic E-state index is 13.7. The molecular formula is C33H28N2O7S. The second-order valence-corrected chi connectivity index (χ2v) is 11.4. The van der Waals surface area contributed by atoms with Crippen LogP contribution in [0.25, 0.3) is 5.76 Å². The summed E-state index contributed by atoms with van der Waals surface area (Å²) in [6.07, 6.45) is 0.651. The van der Waals surface area contributed by atoms with Gasteiger partial charge in [-0.25, -0.2) is 9.78 Å². The first-order valence-corrected chi connectivity index (χ1v) is 14.5. The Hall–Kier alpha value is -4.96. The Kier molecular flexibility index (Phi) is 7.45. The Balaban J connectivity index is 1.46. The van der Waals surface area contributed by atoms with Gasteiger partial charge < -0.3 is 19.3 Å². The van der Waals surface area contributed by atoms with Gasteiger partial charge in [-0.3, -0.25) is 14.5 Å². The Labute approximate surface area is 252 Å². The number of esters is 1. The number of aliphatic hydroxyl groups is 1. The maximum Gasteiger partial charge on any atom is 0.350 e. The summed E-state index contributed by atoms with van der Waals surface area (Å²) in [6.45, 7) is 3.90. The Morgan fingerprint density at radius 3 is 2.65 bits per heavy atom. The molecule has 0 radical (unpaired) electrons. The number of thiazole rings is 1. The summed E-state index contributed by atoms with van der Waals surface area (Å²) in [5.41, 5.74) is 3.06. The molecule has 1 N–H and O–H groups in total. The lowest BCUT2D eigenvalue weighted by molar-refractivity contribution is -0.132. The van der Waals surface area contributed by atoms with Gasteiger partial charge in [0.25, 0.3) is 5.78 Å². The molecule has 6 rings (SSSR count). The lowest BCUT2D eigenvalue weighted by Gasteiger charge is -2.23. The molecule has 0 unspecified atom stereocenters. The normalized spacial score (nSPS) is 18.8. The number of rotatable bonds is 7. The zero-order valence-corrected chi connectivity index (χ0v) is 24.5. The standard InChI is InChI=1S/C33H28N2O7S/c1-18-14-23-15-22(12-13-25(23)42-18)28(36)26-27(21-10-7-11-24(16-21)41-17-20-8-5-4-6-9-20)35(31(38)29(26)37)33-34-19(2)30(43-33)32(39)40-3/h4-13,15-16,18,27,36H,14,17H2,1-3H3/b28-26+/t18-,27+/m1/s1. The average molecular weight is 597 g/mol. The van der Waals surface area contributed by atoms with Gasteiger partial charge in [0.05, 0.1) is 24.4 Å². The number of aliphatic hydroxyl groups excluding tert-OH is 1. The fraction of sp³-hybridized carbons (Fsp3) is 0.212. The highest BCUT2D eigenvalue weighted by atomic mass is 32.1. The number of hydrogen-bond acceptors (Lipinski definition) is 9. The topological polar surface area (TPSA) is 115 Å². The number of aromatic nitrogens is 1. The molecule has 1 saturated heterocycles. The van der Waals surface area contributed by atoms with E-state index in [2.05, 4.69) is 4.98 Å². The molecule has 0 saturated carbocycles. The minimum Gasteiger partial charge on any atom is -0.507 e. The van der Waals surface area contributed by atoms with Gasteiger partial charge in [0.1, 0.15) is 34.8 Å². The van der Waals surface area contributed by atoms with Gasteiger partial charge in [-0.1, -0.05) is 53.8 Å². The molecule has 0 bridgehead atoms. The fourth-order valence-electron chi connectivity index (χ4n) is 5.35. The largest absolute Gasteiger partial charge is 0.507 e. The van der Waals surface area contributed by atoms with Crippen molar-refractivity contribution in [2.75, 3.05) is 12.0 Å². The number of ketones is 1. The number of ether oxygens (including phenoxy) is 3. The number of benzene rings is 3. The molecule has 2 aliphatic heterocycles. The first-order chi connectivity index (χ1) is 20.7. The molecule has 2 aliphatic rings. The van der Waals surface area contributed by atoms with Crippen molar-refractivity contribution in [1.82, 2.24) is 4.98 Å². The number of methoxy groups -OCH3 is 1. The summed E-state index contributed by atoms with van der Waals surface area (Å²) in [5.74, 6) is -1.41. The summed E-state index contributed by atoms with van der Waals surface area (Å²) in [5, 5.41) is 11.8. The van der Waals surface area contributed by atoms with Crippen LogP contribution in [0.15, 0.2) is 78.4 Å². The third kappa shape index (κ3) is 5.25. The molecule has 9 nitrogen and oxygen atoms in total. The summed E-state index contributed by atoms with van der Waals surface area (Å²) in [6, 6.07) is 20.9. The first-order valence-electron chi connectivity index (χ1n) is 13.7. The second-order valence-electron chi connectivity index (χ2n) is 10.4. The van der Waals surface area contributed by atoms with Crippen LogP contribution < -0.4 is 14.4 Å². The summed E-state index contributed by atoms with van der Waals surface area (Å²) in [4.78, 5) is 45.6. The van der Waals surface area contributed by atoms with Gasteiger partial charge in [-0.05, 0) is 60.9 Å². The van der Waals surface area contributed by atoms with E-state index >= 15 is 0 Å². The smallest absolute Gasteiger partial charge is 0.350 e. The number of carbonyl (C=O) groups is 3. The third-order valence-corrected chi connectivity index (χ3v) is 8.53. The van der Waals surface area contributed by atoms with E-state index in [1.807, 2.05) is 37.3 Å². The Morgan fingerprint density at radius 2 is 1.88 bits per heavy atom. The SMILES string of the molecule is COC(=O)c1sc(N2C(=O)C(=O)/C(=C(/O)c3ccc4c(c3)C[C@@H](C)O4)[C@@H]2c2cccc(OCc3ccccc3)c2)nc1C. The van der Waals surface area contributed by atoms with Gasteiger partial charge in [0, 0.05) is 12.0 Å². The third-order valence-electron chi connectivity index (χ3n) is 7.40. The fourth-order valence-corrected chi connectivity index (χ4v) is 6.36. The lowest BCUT2D eigenvalue weighted by atomic mass is 9.94. The molecule has 0 aliphatic carbocycles. The number of Topliss-reactive ketones (excluding diaryl/α,β-unsaturated/α-hetero) is 1. The van der Waals surface area contributed by atoms with E-state index in [4.69, 9.17) is 14.2 Å². The number of hydrogen-bond donors (Lipinski definition) is 1. The van der Waals surface area contributed by atoms with E-state index in [0.29, 0.717) is 35.6 Å². The monoisotopic (exact) mass is 596 g/mol. The van der Waals surface area contributed by atoms with Crippen LogP contribution in [0.4, 0.5) is 5.13 Å². The quantitative estimate of drug-likeness (QED) is 0.124. The van der Waals surface area contributed by atoms with Crippen LogP contribution in [0.3, 0.4) is 0 Å². The average Bonchev–Trinajstić information content (AvgIpc) is 3.67. The van der Waals surface area contributed by atoms with Crippen LogP contribution in [-0.4, -0.2) is 41.0 Å². The molecule has 2 atom stereocenters. The van der Waals surface area contributed by atoms with Crippen molar-refractivity contribution < 1.29 is 33.7 Å². The molecule has 10 heteroatoms. The van der Waals surface area contributed by atoms with Gasteiger partial charge >= 0.3 is 11.9 Å². The van der Waals surface area contributed by atoms with Crippen molar-refractivity contribution in [2.45, 2.75) is 39.0 Å². The highest BCUT2D eigenvalue weighted by Gasteiger charge is 2.48. The highest BCUT2D eigenvalue weighted by molar-refractivity contribution is 7.17. The van der Waals surface area contributed by atoms with E-state index in [1.54, 1.807) is 49.4 Å². The van der Waals surface area contributed by atoms with Gasteiger partial charge in [-0.15, -0.1) is 0 Å². The van der Waals surface area contributed by atoms with E-state index in [0.717, 1.165) is 28.2 Å². The second kappa shape index (κ2) is 11.4. The molecule has 1 fully saturated rings. The van der Waals surface area contributed by atoms with E-state index < -0.39 is 23.7 Å². The number of aryl methyl sites for hydroxylation is 1. The lowest BCUT2D eigenvalue weighted by Crippen LogP contribution is -2.29. The number of nitrogens with zero attached hydrogens (tertiary/aromatic N) is 2. The van der Waals surface area contributed by atoms with Gasteiger partial charge in [0.2, 0.25) is 0 Å². The number of carbonyl (C=O) groups excluding carboxylic acids is 3. The Morgan fingerprint density at radius 1 is 1.09 bits per heavy atom. The van der Waals surface area contributed by atoms with Crippen molar-refractivity contribution >= 4 is 39.9 Å². The molecule has 1 aromatic heterocycles. The van der Waals surface area contributed by atoms with Crippen LogP contribution in [0.1, 0.15) is 50.6 Å². The van der Waals surface area contributed by atoms with Crippen LogP contribution in [0.5, 0.6) is 11.5 Å². The molecule has 4 aromatic rings. The summed E-state index contributed by atoms with van der Waals surface area (Å²) in [7, 11) is 1.26. The van der Waals surface area contributed by atoms with Crippen LogP contribution in [0.2, 0.25) is 0 Å². The maximum atomic E-state index is 13.7. The number of anilines is 1. The Bertz CT molecular complexity index is 1780. The summed E-state index contributed by atoms with van der Waals surface area (Å²) < 4.78 is 16.7. The zero-order chi connectivity index (χ0) is 30.2. The van der Waals surface area contributed by atoms with Crippen molar-refractivity contribution in [2.24, 2.45) is 0 Å². The molecule has 3 heterocycles. The predicted molar refractivity (Wildman–Crippen MR) is 160 cm³/mol. The van der Waals surface area contributed by atoms with E-state index in [9.17, 15) is 19.5 Å². The van der Waals surface area contributed by atoms with Crippen molar-refractivity contribution in [3.8, 4) is 11.5 Å². The highest BCUT2D eigenvalue weighted by Crippen LogP contribution is 2.45. The predicted octanol–water partition coefficient (Wildman–Crippen LogP) is 5.77. The number of fused-ring (bicyclic) bond motifs is 1. The first kappa shape index (κ1) is 28.2. The van der Waals surface area contributed by atoms with Crippen LogP contribution in [-0.2, 0) is 27.4 Å². The van der Waals surface area contributed by atoms with Gasteiger partial charge in [0.15, 0.2) is 5.13 Å².